The van der Waals surface area contributed by atoms with Gasteiger partial charge in [-0.2, -0.15) is 10.5 Å². The van der Waals surface area contributed by atoms with Crippen LogP contribution in [0, 0.1) is 28.6 Å². The predicted molar refractivity (Wildman–Crippen MR) is 59.9 cm³/mol. The number of hydrogen-bond donors (Lipinski definition) is 0. The Labute approximate surface area is 98.9 Å². The summed E-state index contributed by atoms with van der Waals surface area (Å²) in [6.07, 6.45) is 0.592. The second-order valence-corrected chi connectivity index (χ2v) is 5.40. The molecule has 0 spiro atoms. The quantitative estimate of drug-likeness (QED) is 0.799. The van der Waals surface area contributed by atoms with Crippen LogP contribution in [0.3, 0.4) is 0 Å². The monoisotopic (exact) mass is 287 g/mol. The van der Waals surface area contributed by atoms with Gasteiger partial charge in [-0.15, -0.1) is 11.3 Å². The molecule has 0 aromatic carbocycles. The lowest BCUT2D eigenvalue weighted by Gasteiger charge is -1.96. The van der Waals surface area contributed by atoms with Crippen LogP contribution in [0.25, 0.3) is 0 Å². The Morgan fingerprint density at radius 2 is 2.29 bits per heavy atom. The van der Waals surface area contributed by atoms with E-state index in [0.717, 1.165) is 14.7 Å². The molecule has 0 N–H and O–H groups in total. The zero-order valence-corrected chi connectivity index (χ0v) is 10.3. The molecule has 1 heterocycles. The van der Waals surface area contributed by atoms with Crippen molar-refractivity contribution in [1.29, 1.82) is 10.5 Å². The standard InChI is InChI=1S/C8H6BrN3S2/c9-7-5-14-8(12-7)13-2-1-6(3-10)4-11/h5-6H,1-2H2. The van der Waals surface area contributed by atoms with Crippen molar-refractivity contribution in [2.24, 2.45) is 5.92 Å². The van der Waals surface area contributed by atoms with E-state index in [2.05, 4.69) is 20.9 Å². The lowest BCUT2D eigenvalue weighted by molar-refractivity contribution is 0.811. The molecule has 0 aliphatic carbocycles. The molecule has 14 heavy (non-hydrogen) atoms. The van der Waals surface area contributed by atoms with Gasteiger partial charge in [0, 0.05) is 11.1 Å². The zero-order valence-electron chi connectivity index (χ0n) is 7.11. The average Bonchev–Trinajstić information content (AvgIpc) is 2.59. The minimum atomic E-state index is -0.495. The molecule has 0 fully saturated rings. The molecule has 1 aromatic rings. The third-order valence-electron chi connectivity index (χ3n) is 1.40. The summed E-state index contributed by atoms with van der Waals surface area (Å²) in [5.41, 5.74) is 0. The fraction of sp³-hybridized carbons (Fsp3) is 0.375. The second kappa shape index (κ2) is 6.02. The summed E-state index contributed by atoms with van der Waals surface area (Å²) in [6, 6.07) is 3.88. The topological polar surface area (TPSA) is 60.5 Å². The van der Waals surface area contributed by atoms with Gasteiger partial charge in [0.2, 0.25) is 0 Å². The maximum absolute atomic E-state index is 8.53. The fourth-order valence-corrected chi connectivity index (χ4v) is 3.18. The number of hydrogen-bond acceptors (Lipinski definition) is 5. The highest BCUT2D eigenvalue weighted by atomic mass is 79.9. The van der Waals surface area contributed by atoms with Crippen LogP contribution in [0.5, 0.6) is 0 Å². The van der Waals surface area contributed by atoms with Gasteiger partial charge < -0.3 is 0 Å². The Bertz CT molecular complexity index is 363. The Balaban J connectivity index is 2.30. The first-order valence-corrected chi connectivity index (χ1v) is 6.45. The summed E-state index contributed by atoms with van der Waals surface area (Å²) in [5, 5.41) is 19.0. The van der Waals surface area contributed by atoms with Gasteiger partial charge in [-0.3, -0.25) is 0 Å². The summed E-state index contributed by atoms with van der Waals surface area (Å²) in [5.74, 6) is 0.261. The van der Waals surface area contributed by atoms with E-state index in [-0.39, 0.29) is 0 Å². The molecule has 0 radical (unpaired) electrons. The smallest absolute Gasteiger partial charge is 0.151 e. The number of thioether (sulfide) groups is 1. The zero-order chi connectivity index (χ0) is 10.4. The lowest BCUT2D eigenvalue weighted by atomic mass is 10.1. The SMILES string of the molecule is N#CC(C#N)CCSc1nc(Br)cs1. The van der Waals surface area contributed by atoms with Crippen LogP contribution in [-0.4, -0.2) is 10.7 Å². The van der Waals surface area contributed by atoms with Crippen LogP contribution in [0.4, 0.5) is 0 Å². The number of aromatic nitrogens is 1. The Morgan fingerprint density at radius 3 is 2.79 bits per heavy atom. The molecular formula is C8H6BrN3S2. The van der Waals surface area contributed by atoms with Crippen molar-refractivity contribution < 1.29 is 0 Å². The van der Waals surface area contributed by atoms with E-state index < -0.39 is 5.92 Å². The molecule has 1 aromatic heterocycles. The van der Waals surface area contributed by atoms with E-state index >= 15 is 0 Å². The minimum absolute atomic E-state index is 0.495. The van der Waals surface area contributed by atoms with Crippen LogP contribution in [0.1, 0.15) is 6.42 Å². The molecule has 0 unspecified atom stereocenters. The van der Waals surface area contributed by atoms with Crippen molar-refractivity contribution in [3.05, 3.63) is 9.98 Å². The predicted octanol–water partition coefficient (Wildman–Crippen LogP) is 3.05. The van der Waals surface area contributed by atoms with Gasteiger partial charge in [-0.1, -0.05) is 11.8 Å². The van der Waals surface area contributed by atoms with E-state index in [1.54, 1.807) is 23.1 Å². The van der Waals surface area contributed by atoms with Gasteiger partial charge in [0.1, 0.15) is 10.5 Å². The molecule has 0 saturated carbocycles. The van der Waals surface area contributed by atoms with Gasteiger partial charge in [0.15, 0.2) is 4.34 Å². The molecule has 6 heteroatoms. The van der Waals surface area contributed by atoms with Gasteiger partial charge in [0.25, 0.3) is 0 Å². The maximum atomic E-state index is 8.53. The van der Waals surface area contributed by atoms with E-state index in [1.807, 2.05) is 17.5 Å². The first-order valence-electron chi connectivity index (χ1n) is 3.79. The maximum Gasteiger partial charge on any atom is 0.151 e. The van der Waals surface area contributed by atoms with Crippen LogP contribution in [0.15, 0.2) is 14.3 Å². The molecular weight excluding hydrogens is 282 g/mol. The first-order chi connectivity index (χ1) is 6.76. The summed E-state index contributed by atoms with van der Waals surface area (Å²) < 4.78 is 1.80. The van der Waals surface area contributed by atoms with E-state index in [0.29, 0.717) is 6.42 Å². The van der Waals surface area contributed by atoms with Crippen molar-refractivity contribution in [3.8, 4) is 12.1 Å². The number of nitriles is 2. The summed E-state index contributed by atoms with van der Waals surface area (Å²) in [7, 11) is 0. The lowest BCUT2D eigenvalue weighted by Crippen LogP contribution is -1.94. The Kier molecular flexibility index (Phi) is 4.95. The molecule has 3 nitrogen and oxygen atoms in total. The number of halogens is 1. The summed E-state index contributed by atoms with van der Waals surface area (Å²) in [6.45, 7) is 0. The highest BCUT2D eigenvalue weighted by molar-refractivity contribution is 9.10. The van der Waals surface area contributed by atoms with Crippen LogP contribution in [-0.2, 0) is 0 Å². The summed E-state index contributed by atoms with van der Waals surface area (Å²) >= 11 is 6.39. The molecule has 0 saturated heterocycles. The van der Waals surface area contributed by atoms with Crippen molar-refractivity contribution in [2.75, 3.05) is 5.75 Å². The van der Waals surface area contributed by atoms with E-state index in [9.17, 15) is 0 Å². The number of thiazole rings is 1. The molecule has 0 aliphatic heterocycles. The van der Waals surface area contributed by atoms with Crippen molar-refractivity contribution >= 4 is 39.0 Å². The first kappa shape index (κ1) is 11.5. The molecule has 0 atom stereocenters. The third-order valence-corrected chi connectivity index (χ3v) is 4.16. The van der Waals surface area contributed by atoms with E-state index in [4.69, 9.17) is 10.5 Å². The van der Waals surface area contributed by atoms with Crippen LogP contribution in [0.2, 0.25) is 0 Å². The molecule has 72 valence electrons. The van der Waals surface area contributed by atoms with Crippen LogP contribution < -0.4 is 0 Å². The fourth-order valence-electron chi connectivity index (χ4n) is 0.727. The van der Waals surface area contributed by atoms with Gasteiger partial charge in [-0.25, -0.2) is 4.98 Å². The molecule has 1 rings (SSSR count). The molecule has 0 bridgehead atoms. The Morgan fingerprint density at radius 1 is 1.57 bits per heavy atom. The van der Waals surface area contributed by atoms with E-state index in [1.165, 1.54) is 0 Å². The Hall–Kier alpha value is -0.560. The molecule has 0 amide bonds. The minimum Gasteiger partial charge on any atom is -0.223 e. The van der Waals surface area contributed by atoms with Gasteiger partial charge in [-0.05, 0) is 22.4 Å². The second-order valence-electron chi connectivity index (χ2n) is 2.38. The number of rotatable bonds is 4. The highest BCUT2D eigenvalue weighted by Crippen LogP contribution is 2.26. The molecule has 0 aliphatic rings. The average molecular weight is 288 g/mol. The van der Waals surface area contributed by atoms with Crippen molar-refractivity contribution in [2.45, 2.75) is 10.8 Å². The normalized spacial score (nSPS) is 9.71. The highest BCUT2D eigenvalue weighted by Gasteiger charge is 2.06. The number of nitrogens with zero attached hydrogens (tertiary/aromatic N) is 3. The van der Waals surface area contributed by atoms with Crippen molar-refractivity contribution in [3.63, 3.8) is 0 Å². The van der Waals surface area contributed by atoms with Crippen LogP contribution >= 0.6 is 39.0 Å². The van der Waals surface area contributed by atoms with Gasteiger partial charge in [0.05, 0.1) is 12.1 Å². The van der Waals surface area contributed by atoms with Gasteiger partial charge >= 0.3 is 0 Å². The van der Waals surface area contributed by atoms with Crippen molar-refractivity contribution in [1.82, 2.24) is 4.98 Å². The summed E-state index contributed by atoms with van der Waals surface area (Å²) in [4.78, 5) is 4.19. The third kappa shape index (κ3) is 3.67. The largest absolute Gasteiger partial charge is 0.223 e.